The predicted molar refractivity (Wildman–Crippen MR) is 133 cm³/mol. The van der Waals surface area contributed by atoms with Gasteiger partial charge in [-0.1, -0.05) is 34.7 Å². The van der Waals surface area contributed by atoms with E-state index in [1.165, 1.54) is 11.8 Å². The van der Waals surface area contributed by atoms with Gasteiger partial charge in [-0.15, -0.1) is 10.2 Å². The molecule has 0 atom stereocenters. The Balaban J connectivity index is 1.59. The number of halogens is 1. The van der Waals surface area contributed by atoms with Gasteiger partial charge in [0.05, 0.1) is 18.1 Å². The molecule has 0 aliphatic heterocycles. The summed E-state index contributed by atoms with van der Waals surface area (Å²) < 4.78 is 12.8. The van der Waals surface area contributed by atoms with E-state index in [4.69, 9.17) is 21.1 Å². The van der Waals surface area contributed by atoms with Gasteiger partial charge in [-0.05, 0) is 57.9 Å². The van der Waals surface area contributed by atoms with E-state index in [1.807, 2.05) is 37.5 Å². The number of hydrogen-bond acceptors (Lipinski definition) is 9. The molecule has 1 amide bonds. The summed E-state index contributed by atoms with van der Waals surface area (Å²) in [7, 11) is 0. The van der Waals surface area contributed by atoms with Crippen LogP contribution in [0.25, 0.3) is 0 Å². The normalized spacial score (nSPS) is 10.9. The first kappa shape index (κ1) is 26.0. The number of carbonyl (C=O) groups is 2. The topological polar surface area (TPSA) is 108 Å². The summed E-state index contributed by atoms with van der Waals surface area (Å²) in [5.41, 5.74) is 2.41. The van der Waals surface area contributed by atoms with Crippen LogP contribution >= 0.6 is 34.7 Å². The van der Waals surface area contributed by atoms with Crippen molar-refractivity contribution in [2.45, 2.75) is 52.9 Å². The number of aryl methyl sites for hydroxylation is 3. The molecule has 3 aromatic rings. The van der Waals surface area contributed by atoms with Crippen LogP contribution in [0.3, 0.4) is 0 Å². The molecular weight excluding hydrogens is 498 g/mol. The second kappa shape index (κ2) is 11.7. The number of thioether (sulfide) groups is 1. The molecule has 0 saturated carbocycles. The predicted octanol–water partition coefficient (Wildman–Crippen LogP) is 4.82. The van der Waals surface area contributed by atoms with Gasteiger partial charge < -0.3 is 19.4 Å². The van der Waals surface area contributed by atoms with Gasteiger partial charge >= 0.3 is 5.97 Å². The smallest absolute Gasteiger partial charge is 0.350 e. The van der Waals surface area contributed by atoms with Gasteiger partial charge in [-0.2, -0.15) is 0 Å². The Kier molecular flexibility index (Phi) is 8.92. The van der Waals surface area contributed by atoms with Crippen molar-refractivity contribution in [1.29, 1.82) is 0 Å². The maximum Gasteiger partial charge on any atom is 0.350 e. The van der Waals surface area contributed by atoms with Crippen LogP contribution in [0, 0.1) is 20.8 Å². The van der Waals surface area contributed by atoms with E-state index in [2.05, 4.69) is 20.5 Å². The molecule has 0 bridgehead atoms. The summed E-state index contributed by atoms with van der Waals surface area (Å²) in [6.45, 7) is 10.4. The van der Waals surface area contributed by atoms with Crippen LogP contribution in [-0.2, 0) is 22.7 Å². The average Bonchev–Trinajstić information content (AvgIpc) is 3.36. The zero-order valence-corrected chi connectivity index (χ0v) is 22.0. The summed E-state index contributed by atoms with van der Waals surface area (Å²) in [6.07, 6.45) is 0. The highest BCUT2D eigenvalue weighted by atomic mass is 35.5. The quantitative estimate of drug-likeness (QED) is 0.297. The Labute approximate surface area is 211 Å². The first-order chi connectivity index (χ1) is 16.2. The number of rotatable bonds is 10. The van der Waals surface area contributed by atoms with E-state index in [9.17, 15) is 9.59 Å². The third-order valence-corrected chi connectivity index (χ3v) is 7.34. The lowest BCUT2D eigenvalue weighted by atomic mass is 10.1. The molecule has 0 fully saturated rings. The molecule has 0 aliphatic rings. The maximum atomic E-state index is 12.4. The molecule has 34 heavy (non-hydrogen) atoms. The van der Waals surface area contributed by atoms with E-state index >= 15 is 0 Å². The molecule has 1 aromatic carbocycles. The highest BCUT2D eigenvalue weighted by Crippen LogP contribution is 2.27. The van der Waals surface area contributed by atoms with Crippen molar-refractivity contribution in [1.82, 2.24) is 19.7 Å². The molecule has 12 heteroatoms. The molecule has 2 aromatic heterocycles. The lowest BCUT2D eigenvalue weighted by molar-refractivity contribution is -0.113. The average molecular weight is 524 g/mol. The minimum Gasteiger partial charge on any atom is -0.486 e. The molecule has 1 N–H and O–H groups in total. The standard InChI is InChI=1S/C22H26ClN5O4S2/c1-6-28-16(10-32-15-8-12(3)18(23)13(4)9-15)26-27-22(28)33-11-17(29)25-21-24-14(5)19(34-21)20(30)31-7-2/h8-9H,6-7,10-11H2,1-5H3,(H,24,25,29). The van der Waals surface area contributed by atoms with Crippen LogP contribution in [0.2, 0.25) is 5.02 Å². The van der Waals surface area contributed by atoms with Crippen LogP contribution in [0.5, 0.6) is 5.75 Å². The van der Waals surface area contributed by atoms with Gasteiger partial charge in [0, 0.05) is 11.6 Å². The van der Waals surface area contributed by atoms with Crippen molar-refractivity contribution in [3.8, 4) is 5.75 Å². The van der Waals surface area contributed by atoms with Gasteiger partial charge in [0.15, 0.2) is 16.1 Å². The van der Waals surface area contributed by atoms with Crippen LogP contribution < -0.4 is 10.1 Å². The van der Waals surface area contributed by atoms with Crippen molar-refractivity contribution < 1.29 is 19.1 Å². The van der Waals surface area contributed by atoms with Crippen LogP contribution in [0.1, 0.15) is 46.2 Å². The summed E-state index contributed by atoms with van der Waals surface area (Å²) in [5.74, 6) is 0.777. The van der Waals surface area contributed by atoms with Gasteiger partial charge in [0.1, 0.15) is 17.2 Å². The molecule has 0 spiro atoms. The number of esters is 1. The number of nitrogens with one attached hydrogen (secondary N) is 1. The first-order valence-corrected chi connectivity index (χ1v) is 12.8. The van der Waals surface area contributed by atoms with E-state index in [0.29, 0.717) is 39.0 Å². The fourth-order valence-corrected chi connectivity index (χ4v) is 4.92. The van der Waals surface area contributed by atoms with Crippen LogP contribution in [0.4, 0.5) is 5.13 Å². The number of aromatic nitrogens is 4. The third-order valence-electron chi connectivity index (χ3n) is 4.72. The van der Waals surface area contributed by atoms with Gasteiger partial charge in [-0.3, -0.25) is 4.79 Å². The maximum absolute atomic E-state index is 12.4. The lowest BCUT2D eigenvalue weighted by Gasteiger charge is -2.11. The number of ether oxygens (including phenoxy) is 2. The highest BCUT2D eigenvalue weighted by Gasteiger charge is 2.19. The Morgan fingerprint density at radius 3 is 2.53 bits per heavy atom. The summed E-state index contributed by atoms with van der Waals surface area (Å²) in [5, 5.41) is 12.9. The summed E-state index contributed by atoms with van der Waals surface area (Å²) >= 11 is 8.58. The second-order valence-electron chi connectivity index (χ2n) is 7.29. The Morgan fingerprint density at radius 2 is 1.88 bits per heavy atom. The highest BCUT2D eigenvalue weighted by molar-refractivity contribution is 7.99. The minimum absolute atomic E-state index is 0.113. The molecule has 0 saturated heterocycles. The van der Waals surface area contributed by atoms with Crippen LogP contribution in [0.15, 0.2) is 17.3 Å². The molecule has 0 aliphatic carbocycles. The minimum atomic E-state index is -0.443. The van der Waals surface area contributed by atoms with Crippen LogP contribution in [-0.4, -0.2) is 44.0 Å². The molecule has 3 rings (SSSR count). The Morgan fingerprint density at radius 1 is 1.18 bits per heavy atom. The lowest BCUT2D eigenvalue weighted by Crippen LogP contribution is -2.14. The van der Waals surface area contributed by atoms with Gasteiger partial charge in [0.25, 0.3) is 0 Å². The molecule has 0 unspecified atom stereocenters. The number of carbonyl (C=O) groups excluding carboxylic acids is 2. The molecule has 0 radical (unpaired) electrons. The molecule has 9 nitrogen and oxygen atoms in total. The van der Waals surface area contributed by atoms with Gasteiger partial charge in [-0.25, -0.2) is 9.78 Å². The number of hydrogen-bond donors (Lipinski definition) is 1. The summed E-state index contributed by atoms with van der Waals surface area (Å²) in [6, 6.07) is 3.77. The van der Waals surface area contributed by atoms with E-state index in [0.717, 1.165) is 27.5 Å². The molecule has 2 heterocycles. The number of benzene rings is 1. The number of thiazole rings is 1. The number of anilines is 1. The molecule has 182 valence electrons. The summed E-state index contributed by atoms with van der Waals surface area (Å²) in [4.78, 5) is 29.0. The van der Waals surface area contributed by atoms with Crippen molar-refractivity contribution in [3.05, 3.63) is 44.7 Å². The van der Waals surface area contributed by atoms with E-state index < -0.39 is 5.97 Å². The zero-order valence-electron chi connectivity index (χ0n) is 19.6. The Hall–Kier alpha value is -2.63. The van der Waals surface area contributed by atoms with Crippen molar-refractivity contribution in [2.24, 2.45) is 0 Å². The van der Waals surface area contributed by atoms with E-state index in [-0.39, 0.29) is 24.9 Å². The fraction of sp³-hybridized carbons (Fsp3) is 0.409. The van der Waals surface area contributed by atoms with Crippen molar-refractivity contribution in [3.63, 3.8) is 0 Å². The Bertz CT molecular complexity index is 1170. The SMILES string of the molecule is CCOC(=O)c1sc(NC(=O)CSc2nnc(COc3cc(C)c(Cl)c(C)c3)n2CC)nc1C. The largest absolute Gasteiger partial charge is 0.486 e. The third kappa shape index (κ3) is 6.28. The van der Waals surface area contributed by atoms with Gasteiger partial charge in [0.2, 0.25) is 5.91 Å². The monoisotopic (exact) mass is 523 g/mol. The zero-order chi connectivity index (χ0) is 24.8. The van der Waals surface area contributed by atoms with E-state index in [1.54, 1.807) is 13.8 Å². The van der Waals surface area contributed by atoms with Crippen molar-refractivity contribution >= 4 is 51.7 Å². The first-order valence-electron chi connectivity index (χ1n) is 10.6. The van der Waals surface area contributed by atoms with Crippen molar-refractivity contribution in [2.75, 3.05) is 17.7 Å². The fourth-order valence-electron chi connectivity index (χ4n) is 3.11. The second-order valence-corrected chi connectivity index (χ2v) is 9.61. The number of nitrogens with zero attached hydrogens (tertiary/aromatic N) is 4. The number of amides is 1. The molecular formula is C22H26ClN5O4S2.